The Hall–Kier alpha value is 0.164. The van der Waals surface area contributed by atoms with E-state index in [4.69, 9.17) is 0 Å². The van der Waals surface area contributed by atoms with Crippen LogP contribution in [0.25, 0.3) is 6.08 Å². The molecule has 1 atom stereocenters. The van der Waals surface area contributed by atoms with Crippen LogP contribution in [0.3, 0.4) is 0 Å². The van der Waals surface area contributed by atoms with Gasteiger partial charge in [0.15, 0.2) is 0 Å². The molecule has 0 heterocycles. The molecule has 0 N–H and O–H groups in total. The van der Waals surface area contributed by atoms with Crippen LogP contribution in [0.5, 0.6) is 0 Å². The Kier molecular flexibility index (Phi) is 10.5. The summed E-state index contributed by atoms with van der Waals surface area (Å²) in [6, 6.07) is 9.18. The van der Waals surface area contributed by atoms with Gasteiger partial charge >= 0.3 is 158 Å². The van der Waals surface area contributed by atoms with Gasteiger partial charge in [0.1, 0.15) is 0 Å². The molecular formula is C22H29Cl2PTi. The maximum atomic E-state index is 2.59. The van der Waals surface area contributed by atoms with Crippen molar-refractivity contribution >= 4 is 14.0 Å². The van der Waals surface area contributed by atoms with E-state index in [1.54, 1.807) is 9.44 Å². The van der Waals surface area contributed by atoms with Crippen molar-refractivity contribution in [1.29, 1.82) is 0 Å². The van der Waals surface area contributed by atoms with Crippen LogP contribution >= 0.6 is 7.92 Å². The largest absolute Gasteiger partial charge is 1.00 e. The van der Waals surface area contributed by atoms with Gasteiger partial charge in [-0.25, -0.2) is 0 Å². The number of benzene rings is 1. The van der Waals surface area contributed by atoms with Gasteiger partial charge in [-0.2, -0.15) is 0 Å². The maximum Gasteiger partial charge on any atom is -1.00 e. The topological polar surface area (TPSA) is 0 Å². The second-order valence-electron chi connectivity index (χ2n) is 7.79. The number of allylic oxidation sites excluding steroid dienone is 5. The zero-order chi connectivity index (χ0) is 17.1. The Morgan fingerprint density at radius 3 is 2.27 bits per heavy atom. The predicted octanol–water partition coefficient (Wildman–Crippen LogP) is 0.810. The molecule has 0 aliphatic heterocycles. The fraction of sp³-hybridized carbons (Fsp3) is 0.455. The third kappa shape index (κ3) is 6.08. The first-order valence-electron chi connectivity index (χ1n) is 9.22. The molecule has 0 bridgehead atoms. The quantitative estimate of drug-likeness (QED) is 0.433. The number of hydrogen-bond donors (Lipinski definition) is 0. The van der Waals surface area contributed by atoms with E-state index in [2.05, 4.69) is 76.3 Å². The third-order valence-corrected chi connectivity index (χ3v) is 11.0. The second-order valence-corrected chi connectivity index (χ2v) is 12.5. The summed E-state index contributed by atoms with van der Waals surface area (Å²) >= 11 is -0.109. The van der Waals surface area contributed by atoms with Gasteiger partial charge in [0.05, 0.1) is 0 Å². The van der Waals surface area contributed by atoms with Gasteiger partial charge < -0.3 is 24.8 Å². The minimum absolute atomic E-state index is 0. The molecule has 0 spiro atoms. The average molecular weight is 443 g/mol. The Balaban J connectivity index is 0.00000169. The van der Waals surface area contributed by atoms with Gasteiger partial charge in [0, 0.05) is 0 Å². The van der Waals surface area contributed by atoms with Crippen molar-refractivity contribution in [2.75, 3.05) is 12.3 Å². The van der Waals surface area contributed by atoms with E-state index in [0.717, 1.165) is 16.1 Å². The van der Waals surface area contributed by atoms with Crippen LogP contribution in [-0.2, 0) is 19.2 Å². The summed E-state index contributed by atoms with van der Waals surface area (Å²) in [6.45, 7) is 9.58. The van der Waals surface area contributed by atoms with Crippen LogP contribution in [0.4, 0.5) is 0 Å². The first kappa shape index (κ1) is 24.2. The molecule has 1 aromatic rings. The first-order valence-corrected chi connectivity index (χ1v) is 12.6. The van der Waals surface area contributed by atoms with E-state index in [1.807, 2.05) is 5.31 Å². The molecule has 0 nitrogen and oxygen atoms in total. The Labute approximate surface area is 182 Å². The van der Waals surface area contributed by atoms with Crippen molar-refractivity contribution < 1.29 is 44.0 Å². The molecule has 140 valence electrons. The molecule has 1 aromatic carbocycles. The Bertz CT molecular complexity index is 666. The van der Waals surface area contributed by atoms with E-state index >= 15 is 0 Å². The summed E-state index contributed by atoms with van der Waals surface area (Å²) in [5.41, 5.74) is 3.13. The Morgan fingerprint density at radius 2 is 1.69 bits per heavy atom. The molecular weight excluding hydrogens is 414 g/mol. The van der Waals surface area contributed by atoms with Gasteiger partial charge in [0.2, 0.25) is 0 Å². The molecule has 2 aliphatic carbocycles. The molecule has 0 fully saturated rings. The van der Waals surface area contributed by atoms with Crippen molar-refractivity contribution in [2.45, 2.75) is 38.3 Å². The standard InChI is InChI=1S/C17H24P.C5H5.2ClH.Ti/c1-13(2)11-18(12-14(3)4)17-9-15-7-5-6-8-16(15)10-17;1-2-4-5-3-1;;;/h5-10,13-14H,11-12H2,1-4H3;1-3H,4H2;2*1H;/q;;;;+2/p-2. The summed E-state index contributed by atoms with van der Waals surface area (Å²) in [5, 5.41) is 1.82. The van der Waals surface area contributed by atoms with Gasteiger partial charge in [-0.3, -0.25) is 0 Å². The van der Waals surface area contributed by atoms with E-state index < -0.39 is 0 Å². The van der Waals surface area contributed by atoms with Crippen LogP contribution < -0.4 is 24.8 Å². The van der Waals surface area contributed by atoms with E-state index in [9.17, 15) is 0 Å². The van der Waals surface area contributed by atoms with Gasteiger partial charge in [0.25, 0.3) is 0 Å². The Morgan fingerprint density at radius 1 is 1.04 bits per heavy atom. The second kappa shape index (κ2) is 11.2. The molecule has 0 amide bonds. The van der Waals surface area contributed by atoms with Crippen LogP contribution in [0, 0.1) is 11.8 Å². The minimum atomic E-state index is -0.109. The molecule has 26 heavy (non-hydrogen) atoms. The molecule has 2 aliphatic rings. The van der Waals surface area contributed by atoms with E-state index in [-0.39, 0.29) is 51.9 Å². The summed E-state index contributed by atoms with van der Waals surface area (Å²) in [7, 11) is -0.00183. The van der Waals surface area contributed by atoms with Crippen LogP contribution in [0.1, 0.15) is 49.5 Å². The van der Waals surface area contributed by atoms with Crippen LogP contribution in [0.2, 0.25) is 0 Å². The zero-order valence-electron chi connectivity index (χ0n) is 16.2. The predicted molar refractivity (Wildman–Crippen MR) is 105 cm³/mol. The number of halogens is 2. The van der Waals surface area contributed by atoms with Crippen molar-refractivity contribution in [3.63, 3.8) is 0 Å². The normalized spacial score (nSPS) is 17.6. The number of hydrogen-bond acceptors (Lipinski definition) is 0. The smallest absolute Gasteiger partial charge is 1.00 e. The molecule has 0 saturated heterocycles. The van der Waals surface area contributed by atoms with Gasteiger partial charge in [-0.15, -0.1) is 0 Å². The summed E-state index contributed by atoms with van der Waals surface area (Å²) in [6.07, 6.45) is 13.6. The monoisotopic (exact) mass is 442 g/mol. The average Bonchev–Trinajstić information content (AvgIpc) is 3.14. The van der Waals surface area contributed by atoms with Crippen molar-refractivity contribution in [3.05, 3.63) is 62.8 Å². The SMILES string of the molecule is CC(C)CP(CC(C)C)C1=Cc2ccccc2[CH]1[Ti+2][C]1=CC=CC1.[Cl-].[Cl-]. The number of rotatable bonds is 7. The fourth-order valence-corrected chi connectivity index (χ4v) is 10.2. The molecule has 0 saturated carbocycles. The van der Waals surface area contributed by atoms with Gasteiger partial charge in [-0.1, -0.05) is 0 Å². The minimum Gasteiger partial charge on any atom is -1.00 e. The zero-order valence-corrected chi connectivity index (χ0v) is 20.1. The third-order valence-electron chi connectivity index (χ3n) is 4.54. The molecule has 1 unspecified atom stereocenters. The summed E-state index contributed by atoms with van der Waals surface area (Å²) < 4.78 is 2.47. The van der Waals surface area contributed by atoms with Crippen molar-refractivity contribution in [3.8, 4) is 0 Å². The fourth-order valence-electron chi connectivity index (χ4n) is 3.64. The van der Waals surface area contributed by atoms with Crippen LogP contribution in [-0.4, -0.2) is 12.3 Å². The van der Waals surface area contributed by atoms with E-state index in [1.165, 1.54) is 24.3 Å². The van der Waals surface area contributed by atoms with E-state index in [0.29, 0.717) is 0 Å². The molecule has 4 heteroatoms. The summed E-state index contributed by atoms with van der Waals surface area (Å²) in [5.74, 6) is 1.60. The maximum absolute atomic E-state index is 2.59. The van der Waals surface area contributed by atoms with Crippen molar-refractivity contribution in [1.82, 2.24) is 0 Å². The van der Waals surface area contributed by atoms with Crippen LogP contribution in [0.15, 0.2) is 51.7 Å². The number of fused-ring (bicyclic) bond motifs is 1. The van der Waals surface area contributed by atoms with Crippen molar-refractivity contribution in [2.24, 2.45) is 11.8 Å². The molecule has 0 radical (unpaired) electrons. The van der Waals surface area contributed by atoms with Gasteiger partial charge in [-0.05, 0) is 0 Å². The summed E-state index contributed by atoms with van der Waals surface area (Å²) in [4.78, 5) is 0. The molecule has 3 rings (SSSR count). The first-order chi connectivity index (χ1) is 11.5. The molecule has 0 aromatic heterocycles.